The zero-order valence-corrected chi connectivity index (χ0v) is 7.97. The molecule has 0 aliphatic rings. The summed E-state index contributed by atoms with van der Waals surface area (Å²) in [5, 5.41) is 0.155. The molecule has 1 atom stereocenters. The molecule has 2 aromatic rings. The van der Waals surface area contributed by atoms with E-state index in [2.05, 4.69) is 17.6 Å². The Morgan fingerprint density at radius 1 is 1.54 bits per heavy atom. The minimum Gasteiger partial charge on any atom is -0.408 e. The molecule has 0 aliphatic carbocycles. The van der Waals surface area contributed by atoms with Crippen LogP contribution < -0.4 is 5.76 Å². The van der Waals surface area contributed by atoms with Crippen LogP contribution in [0.1, 0.15) is 17.7 Å². The molecule has 2 rings (SSSR count). The van der Waals surface area contributed by atoms with E-state index in [4.69, 9.17) is 4.42 Å². The third-order valence-corrected chi connectivity index (χ3v) is 2.22. The number of hydrogen-bond donors (Lipinski definition) is 2. The lowest BCUT2D eigenvalue weighted by molar-refractivity contribution is 0.555. The van der Waals surface area contributed by atoms with Gasteiger partial charge in [0.15, 0.2) is 5.58 Å². The van der Waals surface area contributed by atoms with Gasteiger partial charge in [-0.25, -0.2) is 4.79 Å². The smallest absolute Gasteiger partial charge is 0.408 e. The Bertz CT molecular complexity index is 484. The van der Waals surface area contributed by atoms with Crippen molar-refractivity contribution < 1.29 is 4.42 Å². The largest absolute Gasteiger partial charge is 0.417 e. The molecule has 0 saturated carbocycles. The number of benzene rings is 1. The fraction of sp³-hybridized carbons (Fsp3) is 0.222. The van der Waals surface area contributed by atoms with Gasteiger partial charge in [0, 0.05) is 5.25 Å². The summed E-state index contributed by atoms with van der Waals surface area (Å²) in [6, 6.07) is 5.55. The second kappa shape index (κ2) is 2.96. The van der Waals surface area contributed by atoms with E-state index in [0.29, 0.717) is 5.58 Å². The third-order valence-electron chi connectivity index (χ3n) is 1.93. The predicted molar refractivity (Wildman–Crippen MR) is 54.2 cm³/mol. The van der Waals surface area contributed by atoms with Gasteiger partial charge >= 0.3 is 5.76 Å². The lowest BCUT2D eigenvalue weighted by atomic mass is 10.1. The van der Waals surface area contributed by atoms with E-state index in [0.717, 1.165) is 11.1 Å². The van der Waals surface area contributed by atoms with Gasteiger partial charge in [0.25, 0.3) is 0 Å². The average Bonchev–Trinajstić information content (AvgIpc) is 2.42. The molecule has 0 bridgehead atoms. The summed E-state index contributed by atoms with van der Waals surface area (Å²) >= 11 is 4.30. The first-order chi connectivity index (χ1) is 6.16. The monoisotopic (exact) mass is 195 g/mol. The van der Waals surface area contributed by atoms with Crippen molar-refractivity contribution in [3.8, 4) is 0 Å². The number of nitrogens with one attached hydrogen (secondary N) is 1. The molecule has 0 spiro atoms. The van der Waals surface area contributed by atoms with E-state index in [9.17, 15) is 4.79 Å². The summed E-state index contributed by atoms with van der Waals surface area (Å²) in [6.45, 7) is 1.97. The normalized spacial score (nSPS) is 13.4. The van der Waals surface area contributed by atoms with Gasteiger partial charge in [-0.1, -0.05) is 6.07 Å². The standard InChI is InChI=1S/C9H9NO2S/c1-5(13)6-2-3-8-7(4-6)10-9(11)12-8/h2-5,13H,1H3,(H,10,11). The van der Waals surface area contributed by atoms with E-state index in [-0.39, 0.29) is 5.25 Å². The molecule has 4 heteroatoms. The molecular formula is C9H9NO2S. The first-order valence-electron chi connectivity index (χ1n) is 3.97. The number of rotatable bonds is 1. The van der Waals surface area contributed by atoms with Gasteiger partial charge in [-0.3, -0.25) is 4.98 Å². The van der Waals surface area contributed by atoms with Gasteiger partial charge in [-0.2, -0.15) is 12.6 Å². The number of thiol groups is 1. The maximum atomic E-state index is 10.8. The van der Waals surface area contributed by atoms with E-state index in [1.165, 1.54) is 0 Å². The molecule has 0 amide bonds. The van der Waals surface area contributed by atoms with Gasteiger partial charge in [0.2, 0.25) is 0 Å². The molecule has 0 radical (unpaired) electrons. The van der Waals surface area contributed by atoms with Crippen LogP contribution in [-0.4, -0.2) is 4.98 Å². The number of H-pyrrole nitrogens is 1. The lowest BCUT2D eigenvalue weighted by Gasteiger charge is -2.02. The number of aromatic nitrogens is 1. The Labute approximate surface area is 80.2 Å². The highest BCUT2D eigenvalue weighted by Gasteiger charge is 2.04. The summed E-state index contributed by atoms with van der Waals surface area (Å²) in [5.74, 6) is -0.418. The van der Waals surface area contributed by atoms with Gasteiger partial charge in [0.05, 0.1) is 5.52 Å². The van der Waals surface area contributed by atoms with Gasteiger partial charge in [-0.15, -0.1) is 0 Å². The molecule has 0 fully saturated rings. The molecule has 1 aromatic heterocycles. The highest BCUT2D eigenvalue weighted by Crippen LogP contribution is 2.21. The van der Waals surface area contributed by atoms with Crippen LogP contribution in [0.5, 0.6) is 0 Å². The maximum absolute atomic E-state index is 10.8. The molecule has 0 saturated heterocycles. The number of fused-ring (bicyclic) bond motifs is 1. The third kappa shape index (κ3) is 1.49. The van der Waals surface area contributed by atoms with E-state index >= 15 is 0 Å². The van der Waals surface area contributed by atoms with Crippen LogP contribution in [0.3, 0.4) is 0 Å². The van der Waals surface area contributed by atoms with Crippen molar-refractivity contribution in [1.29, 1.82) is 0 Å². The van der Waals surface area contributed by atoms with Crippen molar-refractivity contribution in [2.45, 2.75) is 12.2 Å². The van der Waals surface area contributed by atoms with Crippen molar-refractivity contribution in [1.82, 2.24) is 4.98 Å². The first kappa shape index (κ1) is 8.44. The Hall–Kier alpha value is -1.16. The number of oxazole rings is 1. The quantitative estimate of drug-likeness (QED) is 0.684. The zero-order chi connectivity index (χ0) is 9.42. The predicted octanol–water partition coefficient (Wildman–Crippen LogP) is 2.11. The number of hydrogen-bond acceptors (Lipinski definition) is 3. The van der Waals surface area contributed by atoms with Crippen molar-refractivity contribution >= 4 is 23.7 Å². The van der Waals surface area contributed by atoms with Crippen LogP contribution in [0.25, 0.3) is 11.1 Å². The Morgan fingerprint density at radius 3 is 3.00 bits per heavy atom. The fourth-order valence-electron chi connectivity index (χ4n) is 1.23. The zero-order valence-electron chi connectivity index (χ0n) is 7.07. The number of aromatic amines is 1. The molecule has 68 valence electrons. The van der Waals surface area contributed by atoms with Crippen LogP contribution in [0, 0.1) is 0 Å². The van der Waals surface area contributed by atoms with Gasteiger partial charge < -0.3 is 4.42 Å². The molecule has 3 nitrogen and oxygen atoms in total. The van der Waals surface area contributed by atoms with Crippen LogP contribution in [-0.2, 0) is 0 Å². The molecule has 1 heterocycles. The summed E-state index contributed by atoms with van der Waals surface area (Å²) in [5.41, 5.74) is 2.37. The Balaban J connectivity index is 2.68. The maximum Gasteiger partial charge on any atom is 0.417 e. The molecule has 1 N–H and O–H groups in total. The minimum atomic E-state index is -0.418. The topological polar surface area (TPSA) is 46.0 Å². The highest BCUT2D eigenvalue weighted by molar-refractivity contribution is 7.80. The molecule has 1 aromatic carbocycles. The van der Waals surface area contributed by atoms with E-state index in [1.54, 1.807) is 6.07 Å². The van der Waals surface area contributed by atoms with Crippen LogP contribution in [0.15, 0.2) is 27.4 Å². The Kier molecular flexibility index (Phi) is 1.92. The van der Waals surface area contributed by atoms with Crippen molar-refractivity contribution in [2.75, 3.05) is 0 Å². The lowest BCUT2D eigenvalue weighted by Crippen LogP contribution is -1.93. The van der Waals surface area contributed by atoms with E-state index < -0.39 is 5.76 Å². The molecular weight excluding hydrogens is 186 g/mol. The van der Waals surface area contributed by atoms with Crippen molar-refractivity contribution in [3.05, 3.63) is 34.3 Å². The second-order valence-electron chi connectivity index (χ2n) is 2.95. The minimum absolute atomic E-state index is 0.155. The van der Waals surface area contributed by atoms with Gasteiger partial charge in [-0.05, 0) is 24.6 Å². The molecule has 0 aliphatic heterocycles. The SMILES string of the molecule is CC(S)c1ccc2oc(=O)[nH]c2c1. The average molecular weight is 195 g/mol. The first-order valence-corrected chi connectivity index (χ1v) is 4.49. The van der Waals surface area contributed by atoms with Crippen LogP contribution >= 0.6 is 12.6 Å². The highest BCUT2D eigenvalue weighted by atomic mass is 32.1. The van der Waals surface area contributed by atoms with Crippen molar-refractivity contribution in [3.63, 3.8) is 0 Å². The summed E-state index contributed by atoms with van der Waals surface area (Å²) in [4.78, 5) is 13.4. The van der Waals surface area contributed by atoms with E-state index in [1.807, 2.05) is 19.1 Å². The fourth-order valence-corrected chi connectivity index (χ4v) is 1.39. The summed E-state index contributed by atoms with van der Waals surface area (Å²) < 4.78 is 4.87. The molecule has 13 heavy (non-hydrogen) atoms. The van der Waals surface area contributed by atoms with Crippen LogP contribution in [0.2, 0.25) is 0 Å². The Morgan fingerprint density at radius 2 is 2.31 bits per heavy atom. The van der Waals surface area contributed by atoms with Crippen LogP contribution in [0.4, 0.5) is 0 Å². The van der Waals surface area contributed by atoms with Crippen molar-refractivity contribution in [2.24, 2.45) is 0 Å². The summed E-state index contributed by atoms with van der Waals surface area (Å²) in [6.07, 6.45) is 0. The second-order valence-corrected chi connectivity index (χ2v) is 3.72. The van der Waals surface area contributed by atoms with Gasteiger partial charge in [0.1, 0.15) is 0 Å². The molecule has 1 unspecified atom stereocenters. The summed E-state index contributed by atoms with van der Waals surface area (Å²) in [7, 11) is 0.